The third-order valence-corrected chi connectivity index (χ3v) is 2.26. The van der Waals surface area contributed by atoms with Gasteiger partial charge in [0.1, 0.15) is 5.69 Å². The molecule has 0 unspecified atom stereocenters. The van der Waals surface area contributed by atoms with E-state index in [0.29, 0.717) is 25.1 Å². The molecule has 0 atom stereocenters. The molecule has 17 heavy (non-hydrogen) atoms. The molecule has 0 N–H and O–H groups in total. The molecule has 6 heteroatoms. The Balaban J connectivity index is 2.46. The number of amides is 1. The smallest absolute Gasteiger partial charge is 0.305 e. The zero-order valence-corrected chi connectivity index (χ0v) is 10.3. The summed E-state index contributed by atoms with van der Waals surface area (Å²) in [5.41, 5.74) is 0.410. The first-order valence-corrected chi connectivity index (χ1v) is 5.36. The molecule has 0 saturated heterocycles. The summed E-state index contributed by atoms with van der Waals surface area (Å²) in [6, 6.07) is 1.67. The van der Waals surface area contributed by atoms with E-state index in [1.54, 1.807) is 31.0 Å². The van der Waals surface area contributed by atoms with Gasteiger partial charge in [-0.05, 0) is 12.5 Å². The summed E-state index contributed by atoms with van der Waals surface area (Å²) < 4.78 is 6.19. The van der Waals surface area contributed by atoms with Gasteiger partial charge in [0.15, 0.2) is 0 Å². The second-order valence-electron chi connectivity index (χ2n) is 3.84. The molecule has 0 saturated carbocycles. The van der Waals surface area contributed by atoms with E-state index in [4.69, 9.17) is 0 Å². The Morgan fingerprint density at radius 3 is 2.76 bits per heavy atom. The van der Waals surface area contributed by atoms with Gasteiger partial charge < -0.3 is 9.64 Å². The van der Waals surface area contributed by atoms with Crippen LogP contribution in [0.5, 0.6) is 0 Å². The van der Waals surface area contributed by atoms with Crippen LogP contribution < -0.4 is 0 Å². The molecular weight excluding hydrogens is 222 g/mol. The average molecular weight is 239 g/mol. The third-order valence-electron chi connectivity index (χ3n) is 2.26. The van der Waals surface area contributed by atoms with Crippen molar-refractivity contribution in [2.24, 2.45) is 0 Å². The van der Waals surface area contributed by atoms with Gasteiger partial charge in [-0.3, -0.25) is 14.3 Å². The minimum absolute atomic E-state index is 0.128. The van der Waals surface area contributed by atoms with Gasteiger partial charge in [-0.2, -0.15) is 5.10 Å². The number of hydrogen-bond donors (Lipinski definition) is 0. The van der Waals surface area contributed by atoms with E-state index in [0.717, 1.165) is 0 Å². The Labute approximate surface area is 100 Å². The standard InChI is InChI=1S/C11H17N3O3/c1-13(2)11(16)9-6-8-14(12-9)7-4-5-10(15)17-3/h6,8H,4-5,7H2,1-3H3. The Bertz CT molecular complexity index is 398. The predicted molar refractivity (Wildman–Crippen MR) is 61.5 cm³/mol. The highest BCUT2D eigenvalue weighted by molar-refractivity contribution is 5.91. The molecule has 0 aliphatic rings. The molecule has 1 aromatic heterocycles. The number of aromatic nitrogens is 2. The van der Waals surface area contributed by atoms with Crippen molar-refractivity contribution in [2.45, 2.75) is 19.4 Å². The lowest BCUT2D eigenvalue weighted by Crippen LogP contribution is -2.22. The number of methoxy groups -OCH3 is 1. The topological polar surface area (TPSA) is 64.4 Å². The lowest BCUT2D eigenvalue weighted by atomic mass is 10.3. The molecule has 0 aromatic carbocycles. The van der Waals surface area contributed by atoms with Gasteiger partial charge in [-0.1, -0.05) is 0 Å². The normalized spacial score (nSPS) is 10.1. The number of rotatable bonds is 5. The molecule has 0 aliphatic heterocycles. The van der Waals surface area contributed by atoms with Crippen LogP contribution in [0.1, 0.15) is 23.3 Å². The molecule has 0 fully saturated rings. The van der Waals surface area contributed by atoms with E-state index < -0.39 is 0 Å². The van der Waals surface area contributed by atoms with E-state index in [-0.39, 0.29) is 11.9 Å². The van der Waals surface area contributed by atoms with Crippen molar-refractivity contribution in [1.29, 1.82) is 0 Å². The molecule has 6 nitrogen and oxygen atoms in total. The number of hydrogen-bond acceptors (Lipinski definition) is 4. The summed E-state index contributed by atoms with van der Waals surface area (Å²) in [6.07, 6.45) is 2.73. The third kappa shape index (κ3) is 3.90. The SMILES string of the molecule is COC(=O)CCCn1ccc(C(=O)N(C)C)n1. The lowest BCUT2D eigenvalue weighted by Gasteiger charge is -2.06. The highest BCUT2D eigenvalue weighted by Gasteiger charge is 2.11. The number of esters is 1. The van der Waals surface area contributed by atoms with Crippen LogP contribution in [0.3, 0.4) is 0 Å². The van der Waals surface area contributed by atoms with Crippen LogP contribution in [-0.2, 0) is 16.1 Å². The summed E-state index contributed by atoms with van der Waals surface area (Å²) in [5, 5.41) is 4.13. The van der Waals surface area contributed by atoms with Crippen molar-refractivity contribution in [3.8, 4) is 0 Å². The highest BCUT2D eigenvalue weighted by Crippen LogP contribution is 2.01. The number of nitrogens with zero attached hydrogens (tertiary/aromatic N) is 3. The summed E-state index contributed by atoms with van der Waals surface area (Å²) in [6.45, 7) is 0.593. The van der Waals surface area contributed by atoms with Crippen molar-refractivity contribution in [3.63, 3.8) is 0 Å². The first-order chi connectivity index (χ1) is 8.04. The molecule has 0 aliphatic carbocycles. The monoisotopic (exact) mass is 239 g/mol. The quantitative estimate of drug-likeness (QED) is 0.703. The summed E-state index contributed by atoms with van der Waals surface area (Å²) >= 11 is 0. The van der Waals surface area contributed by atoms with Crippen molar-refractivity contribution >= 4 is 11.9 Å². The van der Waals surface area contributed by atoms with Crippen molar-refractivity contribution < 1.29 is 14.3 Å². The molecule has 1 heterocycles. The van der Waals surface area contributed by atoms with Crippen LogP contribution in [0.15, 0.2) is 12.3 Å². The van der Waals surface area contributed by atoms with Gasteiger partial charge in [0.05, 0.1) is 7.11 Å². The summed E-state index contributed by atoms with van der Waals surface area (Å²) in [5.74, 6) is -0.363. The summed E-state index contributed by atoms with van der Waals surface area (Å²) in [4.78, 5) is 23.9. The maximum absolute atomic E-state index is 11.6. The first kappa shape index (κ1) is 13.2. The van der Waals surface area contributed by atoms with Crippen LogP contribution in [0.2, 0.25) is 0 Å². The van der Waals surface area contributed by atoms with E-state index in [1.807, 2.05) is 0 Å². The molecule has 0 spiro atoms. The fourth-order valence-corrected chi connectivity index (χ4v) is 1.32. The zero-order chi connectivity index (χ0) is 12.8. The Morgan fingerprint density at radius 1 is 1.47 bits per heavy atom. The molecule has 1 aromatic rings. The fourth-order valence-electron chi connectivity index (χ4n) is 1.32. The maximum Gasteiger partial charge on any atom is 0.305 e. The maximum atomic E-state index is 11.6. The first-order valence-electron chi connectivity index (χ1n) is 5.36. The van der Waals surface area contributed by atoms with Gasteiger partial charge >= 0.3 is 5.97 Å². The van der Waals surface area contributed by atoms with Gasteiger partial charge in [-0.15, -0.1) is 0 Å². The van der Waals surface area contributed by atoms with E-state index in [9.17, 15) is 9.59 Å². The Kier molecular flexibility index (Phi) is 4.68. The van der Waals surface area contributed by atoms with Crippen LogP contribution >= 0.6 is 0 Å². The molecule has 0 radical (unpaired) electrons. The predicted octanol–water partition coefficient (Wildman–Crippen LogP) is 0.538. The lowest BCUT2D eigenvalue weighted by molar-refractivity contribution is -0.140. The van der Waals surface area contributed by atoms with E-state index >= 15 is 0 Å². The molecular formula is C11H17N3O3. The highest BCUT2D eigenvalue weighted by atomic mass is 16.5. The van der Waals surface area contributed by atoms with E-state index in [2.05, 4.69) is 9.84 Å². The number of ether oxygens (including phenoxy) is 1. The van der Waals surface area contributed by atoms with Gasteiger partial charge in [0, 0.05) is 33.3 Å². The van der Waals surface area contributed by atoms with Crippen LogP contribution in [-0.4, -0.2) is 47.8 Å². The Hall–Kier alpha value is -1.85. The number of aryl methyl sites for hydroxylation is 1. The minimum Gasteiger partial charge on any atom is -0.469 e. The second kappa shape index (κ2) is 6.03. The largest absolute Gasteiger partial charge is 0.469 e. The Morgan fingerprint density at radius 2 is 2.18 bits per heavy atom. The van der Waals surface area contributed by atoms with Crippen molar-refractivity contribution in [2.75, 3.05) is 21.2 Å². The average Bonchev–Trinajstić information content (AvgIpc) is 2.76. The van der Waals surface area contributed by atoms with Gasteiger partial charge in [0.2, 0.25) is 0 Å². The molecule has 1 rings (SSSR count). The molecule has 1 amide bonds. The summed E-state index contributed by atoms with van der Waals surface area (Å²) in [7, 11) is 4.72. The molecule has 94 valence electrons. The minimum atomic E-state index is -0.234. The number of carbonyl (C=O) groups is 2. The molecule has 0 bridgehead atoms. The second-order valence-corrected chi connectivity index (χ2v) is 3.84. The van der Waals surface area contributed by atoms with Gasteiger partial charge in [-0.25, -0.2) is 0 Å². The van der Waals surface area contributed by atoms with Crippen LogP contribution in [0, 0.1) is 0 Å². The van der Waals surface area contributed by atoms with Crippen LogP contribution in [0.25, 0.3) is 0 Å². The van der Waals surface area contributed by atoms with Crippen molar-refractivity contribution in [1.82, 2.24) is 14.7 Å². The van der Waals surface area contributed by atoms with Crippen molar-refractivity contribution in [3.05, 3.63) is 18.0 Å². The van der Waals surface area contributed by atoms with Gasteiger partial charge in [0.25, 0.3) is 5.91 Å². The fraction of sp³-hybridized carbons (Fsp3) is 0.545. The number of carbonyl (C=O) groups excluding carboxylic acids is 2. The van der Waals surface area contributed by atoms with Crippen LogP contribution in [0.4, 0.5) is 0 Å². The van der Waals surface area contributed by atoms with E-state index in [1.165, 1.54) is 12.0 Å². The zero-order valence-electron chi connectivity index (χ0n) is 10.3.